The highest BCUT2D eigenvalue weighted by Gasteiger charge is 2.20. The van der Waals surface area contributed by atoms with Crippen LogP contribution in [0.5, 0.6) is 0 Å². The zero-order valence-corrected chi connectivity index (χ0v) is 15.3. The van der Waals surface area contributed by atoms with Gasteiger partial charge in [-0.2, -0.15) is 0 Å². The summed E-state index contributed by atoms with van der Waals surface area (Å²) in [5, 5.41) is 3.25. The highest BCUT2D eigenvalue weighted by Crippen LogP contribution is 2.27. The summed E-state index contributed by atoms with van der Waals surface area (Å²) in [5.41, 5.74) is 3.59. The number of furan rings is 1. The molecule has 0 spiro atoms. The number of halogens is 1. The highest BCUT2D eigenvalue weighted by atomic mass is 19.1. The Hall–Kier alpha value is -3.15. The standard InChI is InChI=1S/C21H20FNO4/c1-12-8-9-16-15(11-26-20(16)13(12)2)10-19(24)27-14(3)21(25)23-18-7-5-4-6-17(18)22/h4-9,11,14H,10H2,1-3H3,(H,23,25)/t14-/m1/s1. The Morgan fingerprint density at radius 1 is 1.19 bits per heavy atom. The molecule has 3 aromatic rings. The van der Waals surface area contributed by atoms with Gasteiger partial charge >= 0.3 is 5.97 Å². The van der Waals surface area contributed by atoms with Crippen LogP contribution in [-0.2, 0) is 20.7 Å². The first-order valence-corrected chi connectivity index (χ1v) is 8.58. The molecule has 2 aromatic carbocycles. The molecule has 1 atom stereocenters. The molecule has 0 saturated heterocycles. The van der Waals surface area contributed by atoms with E-state index >= 15 is 0 Å². The molecule has 27 heavy (non-hydrogen) atoms. The van der Waals surface area contributed by atoms with Crippen molar-refractivity contribution in [3.8, 4) is 0 Å². The number of esters is 1. The Balaban J connectivity index is 1.64. The monoisotopic (exact) mass is 369 g/mol. The summed E-state index contributed by atoms with van der Waals surface area (Å²) in [6.45, 7) is 5.38. The normalized spacial score (nSPS) is 12.0. The van der Waals surface area contributed by atoms with Crippen molar-refractivity contribution in [2.75, 3.05) is 5.32 Å². The molecule has 1 heterocycles. The fourth-order valence-corrected chi connectivity index (χ4v) is 2.77. The number of hydrogen-bond donors (Lipinski definition) is 1. The van der Waals surface area contributed by atoms with Gasteiger partial charge in [0.1, 0.15) is 11.4 Å². The molecule has 0 aliphatic carbocycles. The molecule has 0 aliphatic heterocycles. The quantitative estimate of drug-likeness (QED) is 0.681. The second-order valence-corrected chi connectivity index (χ2v) is 6.42. The van der Waals surface area contributed by atoms with Crippen molar-refractivity contribution >= 4 is 28.5 Å². The van der Waals surface area contributed by atoms with Crippen LogP contribution >= 0.6 is 0 Å². The van der Waals surface area contributed by atoms with Crippen molar-refractivity contribution in [3.63, 3.8) is 0 Å². The minimum Gasteiger partial charge on any atom is -0.464 e. The number of hydrogen-bond acceptors (Lipinski definition) is 4. The van der Waals surface area contributed by atoms with Gasteiger partial charge < -0.3 is 14.5 Å². The third kappa shape index (κ3) is 4.00. The van der Waals surface area contributed by atoms with Gasteiger partial charge in [-0.1, -0.05) is 24.3 Å². The molecule has 1 N–H and O–H groups in total. The van der Waals surface area contributed by atoms with E-state index in [4.69, 9.17) is 9.15 Å². The van der Waals surface area contributed by atoms with Crippen molar-refractivity contribution in [1.82, 2.24) is 0 Å². The van der Waals surface area contributed by atoms with Crippen LogP contribution < -0.4 is 5.32 Å². The first-order valence-electron chi connectivity index (χ1n) is 8.58. The van der Waals surface area contributed by atoms with Crippen LogP contribution in [0.3, 0.4) is 0 Å². The predicted octanol–water partition coefficient (Wildman–Crippen LogP) is 4.30. The molecule has 0 fully saturated rings. The fraction of sp³-hybridized carbons (Fsp3) is 0.238. The summed E-state index contributed by atoms with van der Waals surface area (Å²) in [5.74, 6) is -1.72. The van der Waals surface area contributed by atoms with E-state index in [9.17, 15) is 14.0 Å². The smallest absolute Gasteiger partial charge is 0.311 e. The lowest BCUT2D eigenvalue weighted by molar-refractivity contribution is -0.152. The lowest BCUT2D eigenvalue weighted by Gasteiger charge is -2.13. The van der Waals surface area contributed by atoms with Crippen molar-refractivity contribution in [3.05, 3.63) is 65.2 Å². The number of carbonyl (C=O) groups excluding carboxylic acids is 2. The molecule has 0 unspecified atom stereocenters. The predicted molar refractivity (Wildman–Crippen MR) is 100.0 cm³/mol. The average Bonchev–Trinajstić information content (AvgIpc) is 3.03. The fourth-order valence-electron chi connectivity index (χ4n) is 2.77. The summed E-state index contributed by atoms with van der Waals surface area (Å²) in [7, 11) is 0. The van der Waals surface area contributed by atoms with E-state index in [1.54, 1.807) is 6.07 Å². The van der Waals surface area contributed by atoms with Gasteiger partial charge in [0.05, 0.1) is 18.4 Å². The van der Waals surface area contributed by atoms with Crippen molar-refractivity contribution < 1.29 is 23.1 Å². The van der Waals surface area contributed by atoms with E-state index in [1.165, 1.54) is 31.4 Å². The number of ether oxygens (including phenoxy) is 1. The van der Waals surface area contributed by atoms with Crippen LogP contribution in [0.4, 0.5) is 10.1 Å². The van der Waals surface area contributed by atoms with Crippen LogP contribution in [0.2, 0.25) is 0 Å². The molecule has 0 bridgehead atoms. The number of anilines is 1. The van der Waals surface area contributed by atoms with Crippen LogP contribution in [0.15, 0.2) is 47.1 Å². The van der Waals surface area contributed by atoms with Gasteiger partial charge in [0.15, 0.2) is 6.10 Å². The third-order valence-corrected chi connectivity index (χ3v) is 4.49. The zero-order valence-electron chi connectivity index (χ0n) is 15.3. The number of nitrogens with one attached hydrogen (secondary N) is 1. The van der Waals surface area contributed by atoms with Gasteiger partial charge in [-0.15, -0.1) is 0 Å². The van der Waals surface area contributed by atoms with E-state index in [0.29, 0.717) is 5.56 Å². The number of fused-ring (bicyclic) bond motifs is 1. The Morgan fingerprint density at radius 3 is 2.67 bits per heavy atom. The van der Waals surface area contributed by atoms with E-state index in [0.717, 1.165) is 22.1 Å². The van der Waals surface area contributed by atoms with E-state index in [-0.39, 0.29) is 12.1 Å². The number of carbonyl (C=O) groups is 2. The highest BCUT2D eigenvalue weighted by molar-refractivity contribution is 5.95. The molecular weight excluding hydrogens is 349 g/mol. The number of amides is 1. The first-order chi connectivity index (χ1) is 12.9. The average molecular weight is 369 g/mol. The molecule has 1 aromatic heterocycles. The van der Waals surface area contributed by atoms with Crippen LogP contribution in [0.25, 0.3) is 11.0 Å². The largest absolute Gasteiger partial charge is 0.464 e. The second-order valence-electron chi connectivity index (χ2n) is 6.42. The third-order valence-electron chi connectivity index (χ3n) is 4.49. The van der Waals surface area contributed by atoms with E-state index < -0.39 is 23.8 Å². The number of aryl methyl sites for hydroxylation is 2. The number of rotatable bonds is 5. The topological polar surface area (TPSA) is 68.5 Å². The second kappa shape index (κ2) is 7.61. The minimum absolute atomic E-state index is 0.0210. The molecule has 1 amide bonds. The zero-order chi connectivity index (χ0) is 19.6. The van der Waals surface area contributed by atoms with Crippen LogP contribution in [0.1, 0.15) is 23.6 Å². The Kier molecular flexibility index (Phi) is 5.26. The van der Waals surface area contributed by atoms with Gasteiger partial charge in [0.2, 0.25) is 0 Å². The Morgan fingerprint density at radius 2 is 1.93 bits per heavy atom. The van der Waals surface area contributed by atoms with E-state index in [2.05, 4.69) is 5.32 Å². The van der Waals surface area contributed by atoms with Crippen molar-refractivity contribution in [1.29, 1.82) is 0 Å². The van der Waals surface area contributed by atoms with Crippen molar-refractivity contribution in [2.45, 2.75) is 33.3 Å². The van der Waals surface area contributed by atoms with Gasteiger partial charge in [-0.05, 0) is 44.0 Å². The molecule has 6 heteroatoms. The van der Waals surface area contributed by atoms with Crippen molar-refractivity contribution in [2.24, 2.45) is 0 Å². The Labute approximate surface area is 156 Å². The van der Waals surface area contributed by atoms with Crippen LogP contribution in [0, 0.1) is 19.7 Å². The summed E-state index contributed by atoms with van der Waals surface area (Å²) in [6.07, 6.45) is 0.453. The number of benzene rings is 2. The lowest BCUT2D eigenvalue weighted by atomic mass is 10.0. The SMILES string of the molecule is Cc1ccc2c(CC(=O)O[C@H](C)C(=O)Nc3ccccc3F)coc2c1C. The molecule has 3 rings (SSSR count). The van der Waals surface area contributed by atoms with Gasteiger partial charge in [-0.3, -0.25) is 9.59 Å². The summed E-state index contributed by atoms with van der Waals surface area (Å²) in [4.78, 5) is 24.3. The van der Waals surface area contributed by atoms with Crippen LogP contribution in [-0.4, -0.2) is 18.0 Å². The molecular formula is C21H20FNO4. The molecule has 0 aliphatic rings. The summed E-state index contributed by atoms with van der Waals surface area (Å²) < 4.78 is 24.4. The molecule has 0 radical (unpaired) electrons. The minimum atomic E-state index is -1.06. The maximum Gasteiger partial charge on any atom is 0.311 e. The maximum atomic E-state index is 13.6. The number of para-hydroxylation sites is 1. The molecule has 0 saturated carbocycles. The first kappa shape index (κ1) is 18.6. The Bertz CT molecular complexity index is 1010. The lowest BCUT2D eigenvalue weighted by Crippen LogP contribution is -2.30. The molecule has 5 nitrogen and oxygen atoms in total. The summed E-state index contributed by atoms with van der Waals surface area (Å²) in [6, 6.07) is 9.66. The van der Waals surface area contributed by atoms with Gasteiger partial charge in [0, 0.05) is 10.9 Å². The van der Waals surface area contributed by atoms with Gasteiger partial charge in [0.25, 0.3) is 5.91 Å². The van der Waals surface area contributed by atoms with E-state index in [1.807, 2.05) is 26.0 Å². The maximum absolute atomic E-state index is 13.6. The summed E-state index contributed by atoms with van der Waals surface area (Å²) >= 11 is 0. The molecule has 140 valence electrons. The van der Waals surface area contributed by atoms with Gasteiger partial charge in [-0.25, -0.2) is 4.39 Å².